The molecule has 102 valence electrons. The Morgan fingerprint density at radius 3 is 2.67 bits per heavy atom. The fourth-order valence-electron chi connectivity index (χ4n) is 1.93. The highest BCUT2D eigenvalue weighted by Gasteiger charge is 2.01. The number of hydrogen-bond donors (Lipinski definition) is 1. The third-order valence-corrected chi connectivity index (χ3v) is 3.08. The fourth-order valence-corrected chi connectivity index (χ4v) is 1.93. The van der Waals surface area contributed by atoms with E-state index in [1.54, 1.807) is 7.11 Å². The third kappa shape index (κ3) is 5.52. The Hall–Kier alpha value is -1.06. The van der Waals surface area contributed by atoms with Gasteiger partial charge in [-0.3, -0.25) is 4.90 Å². The van der Waals surface area contributed by atoms with E-state index in [2.05, 4.69) is 48.3 Å². The number of nitrogens with one attached hydrogen (secondary N) is 1. The monoisotopic (exact) mass is 250 g/mol. The van der Waals surface area contributed by atoms with Crippen LogP contribution in [0.1, 0.15) is 25.8 Å². The topological polar surface area (TPSA) is 24.5 Å². The molecule has 0 saturated heterocycles. The maximum absolute atomic E-state index is 5.04. The van der Waals surface area contributed by atoms with Crippen LogP contribution in [0.2, 0.25) is 0 Å². The third-order valence-electron chi connectivity index (χ3n) is 3.08. The molecule has 0 fully saturated rings. The molecule has 0 amide bonds. The summed E-state index contributed by atoms with van der Waals surface area (Å²) in [5.41, 5.74) is 2.58. The summed E-state index contributed by atoms with van der Waals surface area (Å²) < 4.78 is 5.04. The van der Waals surface area contributed by atoms with E-state index in [4.69, 9.17) is 4.74 Å². The number of methoxy groups -OCH3 is 1. The molecule has 0 saturated carbocycles. The molecule has 0 unspecified atom stereocenters. The molecule has 3 heteroatoms. The van der Waals surface area contributed by atoms with Gasteiger partial charge in [0.2, 0.25) is 0 Å². The molecule has 0 aliphatic heterocycles. The Kier molecular flexibility index (Phi) is 7.46. The summed E-state index contributed by atoms with van der Waals surface area (Å²) in [6.45, 7) is 9.41. The summed E-state index contributed by atoms with van der Waals surface area (Å²) >= 11 is 0. The largest absolute Gasteiger partial charge is 0.385 e. The van der Waals surface area contributed by atoms with E-state index < -0.39 is 0 Å². The van der Waals surface area contributed by atoms with Crippen LogP contribution >= 0.6 is 0 Å². The number of anilines is 1. The Morgan fingerprint density at radius 2 is 2.00 bits per heavy atom. The quantitative estimate of drug-likeness (QED) is 0.682. The van der Waals surface area contributed by atoms with E-state index in [1.807, 2.05) is 0 Å². The van der Waals surface area contributed by atoms with Crippen molar-refractivity contribution in [2.75, 3.05) is 38.7 Å². The second-order valence-corrected chi connectivity index (χ2v) is 4.43. The summed E-state index contributed by atoms with van der Waals surface area (Å²) in [4.78, 5) is 2.42. The van der Waals surface area contributed by atoms with Crippen molar-refractivity contribution in [3.63, 3.8) is 0 Å². The molecule has 1 N–H and O–H groups in total. The maximum Gasteiger partial charge on any atom is 0.0479 e. The number of hydrogen-bond acceptors (Lipinski definition) is 3. The Morgan fingerprint density at radius 1 is 1.22 bits per heavy atom. The maximum atomic E-state index is 5.04. The zero-order chi connectivity index (χ0) is 13.2. The molecule has 18 heavy (non-hydrogen) atoms. The van der Waals surface area contributed by atoms with Crippen molar-refractivity contribution in [2.24, 2.45) is 0 Å². The van der Waals surface area contributed by atoms with Gasteiger partial charge in [-0.1, -0.05) is 26.0 Å². The molecule has 0 aliphatic rings. The van der Waals surface area contributed by atoms with E-state index in [-0.39, 0.29) is 0 Å². The second kappa shape index (κ2) is 8.95. The van der Waals surface area contributed by atoms with Crippen molar-refractivity contribution >= 4 is 5.69 Å². The molecule has 0 aromatic heterocycles. The summed E-state index contributed by atoms with van der Waals surface area (Å²) in [6.07, 6.45) is 1.04. The number of rotatable bonds is 9. The minimum Gasteiger partial charge on any atom is -0.385 e. The van der Waals surface area contributed by atoms with Crippen LogP contribution in [-0.2, 0) is 11.3 Å². The van der Waals surface area contributed by atoms with Gasteiger partial charge in [-0.15, -0.1) is 0 Å². The lowest BCUT2D eigenvalue weighted by atomic mass is 10.2. The van der Waals surface area contributed by atoms with Gasteiger partial charge in [-0.2, -0.15) is 0 Å². The van der Waals surface area contributed by atoms with Crippen molar-refractivity contribution in [1.29, 1.82) is 0 Å². The van der Waals surface area contributed by atoms with E-state index in [1.165, 1.54) is 11.3 Å². The molecule has 0 atom stereocenters. The molecule has 0 bridgehead atoms. The standard InChI is InChI=1S/C15H26N2O/c1-4-17(5-2)13-14-8-6-9-15(12-14)16-10-7-11-18-3/h6,8-9,12,16H,4-5,7,10-11,13H2,1-3H3. The van der Waals surface area contributed by atoms with Gasteiger partial charge in [-0.25, -0.2) is 0 Å². The van der Waals surface area contributed by atoms with Crippen LogP contribution in [0, 0.1) is 0 Å². The molecule has 1 rings (SSSR count). The first-order chi connectivity index (χ1) is 8.80. The molecule has 0 heterocycles. The average molecular weight is 250 g/mol. The summed E-state index contributed by atoms with van der Waals surface area (Å²) in [7, 11) is 1.74. The van der Waals surface area contributed by atoms with Gasteiger partial charge in [-0.05, 0) is 37.2 Å². The lowest BCUT2D eigenvalue weighted by Crippen LogP contribution is -2.22. The predicted molar refractivity (Wildman–Crippen MR) is 78.0 cm³/mol. The Balaban J connectivity index is 2.45. The van der Waals surface area contributed by atoms with E-state index in [9.17, 15) is 0 Å². The highest BCUT2D eigenvalue weighted by Crippen LogP contribution is 2.12. The lowest BCUT2D eigenvalue weighted by Gasteiger charge is -2.18. The Bertz CT molecular complexity index is 324. The van der Waals surface area contributed by atoms with Gasteiger partial charge in [0.25, 0.3) is 0 Å². The molecular formula is C15H26N2O. The molecule has 1 aromatic carbocycles. The van der Waals surface area contributed by atoms with E-state index >= 15 is 0 Å². The van der Waals surface area contributed by atoms with Crippen molar-refractivity contribution < 1.29 is 4.74 Å². The van der Waals surface area contributed by atoms with Crippen LogP contribution in [0.4, 0.5) is 5.69 Å². The molecule has 1 aromatic rings. The molecule has 0 radical (unpaired) electrons. The van der Waals surface area contributed by atoms with Gasteiger partial charge in [0.05, 0.1) is 0 Å². The van der Waals surface area contributed by atoms with Crippen molar-refractivity contribution in [3.8, 4) is 0 Å². The van der Waals surface area contributed by atoms with Crippen LogP contribution in [0.5, 0.6) is 0 Å². The highest BCUT2D eigenvalue weighted by molar-refractivity contribution is 5.45. The fraction of sp³-hybridized carbons (Fsp3) is 0.600. The summed E-state index contributed by atoms with van der Waals surface area (Å²) in [5, 5.41) is 3.43. The van der Waals surface area contributed by atoms with Crippen molar-refractivity contribution in [3.05, 3.63) is 29.8 Å². The molecular weight excluding hydrogens is 224 g/mol. The first kappa shape index (κ1) is 15.0. The zero-order valence-corrected chi connectivity index (χ0v) is 11.9. The SMILES string of the molecule is CCN(CC)Cc1cccc(NCCCOC)c1. The predicted octanol–water partition coefficient (Wildman–Crippen LogP) is 2.98. The van der Waals surface area contributed by atoms with Gasteiger partial charge >= 0.3 is 0 Å². The first-order valence-electron chi connectivity index (χ1n) is 6.84. The Labute approximate surface area is 111 Å². The van der Waals surface area contributed by atoms with Gasteiger partial charge in [0.15, 0.2) is 0 Å². The minimum absolute atomic E-state index is 0.812. The smallest absolute Gasteiger partial charge is 0.0479 e. The van der Waals surface area contributed by atoms with E-state index in [0.29, 0.717) is 0 Å². The van der Waals surface area contributed by atoms with Crippen LogP contribution in [0.15, 0.2) is 24.3 Å². The number of ether oxygens (including phenoxy) is 1. The lowest BCUT2D eigenvalue weighted by molar-refractivity contribution is 0.198. The summed E-state index contributed by atoms with van der Waals surface area (Å²) in [6, 6.07) is 8.68. The van der Waals surface area contributed by atoms with Crippen LogP contribution in [0.3, 0.4) is 0 Å². The van der Waals surface area contributed by atoms with Crippen LogP contribution < -0.4 is 5.32 Å². The highest BCUT2D eigenvalue weighted by atomic mass is 16.5. The van der Waals surface area contributed by atoms with E-state index in [0.717, 1.165) is 39.2 Å². The molecule has 0 aliphatic carbocycles. The normalized spacial score (nSPS) is 10.9. The van der Waals surface area contributed by atoms with Gasteiger partial charge < -0.3 is 10.1 Å². The van der Waals surface area contributed by atoms with Crippen molar-refractivity contribution in [2.45, 2.75) is 26.8 Å². The van der Waals surface area contributed by atoms with Gasteiger partial charge in [0.1, 0.15) is 0 Å². The second-order valence-electron chi connectivity index (χ2n) is 4.43. The first-order valence-corrected chi connectivity index (χ1v) is 6.84. The van der Waals surface area contributed by atoms with Crippen LogP contribution in [-0.4, -0.2) is 38.3 Å². The number of benzene rings is 1. The minimum atomic E-state index is 0.812. The van der Waals surface area contributed by atoms with Crippen LogP contribution in [0.25, 0.3) is 0 Å². The zero-order valence-electron chi connectivity index (χ0n) is 11.9. The summed E-state index contributed by atoms with van der Waals surface area (Å²) in [5.74, 6) is 0. The van der Waals surface area contributed by atoms with Crippen molar-refractivity contribution in [1.82, 2.24) is 4.90 Å². The average Bonchev–Trinajstić information content (AvgIpc) is 2.41. The van der Waals surface area contributed by atoms with Gasteiger partial charge in [0, 0.05) is 32.5 Å². The molecule has 0 spiro atoms. The number of nitrogens with zero attached hydrogens (tertiary/aromatic N) is 1. The molecule has 3 nitrogen and oxygen atoms in total.